The molecule has 0 saturated carbocycles. The smallest absolute Gasteiger partial charge is 0.159 e. The van der Waals surface area contributed by atoms with E-state index in [1.165, 1.54) is 11.8 Å². The lowest BCUT2D eigenvalue weighted by atomic mass is 10.1. The first kappa shape index (κ1) is 11.7. The number of hydrogen-bond donors (Lipinski definition) is 1. The maximum absolute atomic E-state index is 10.4. The van der Waals surface area contributed by atoms with Crippen molar-refractivity contribution in [2.75, 3.05) is 0 Å². The third kappa shape index (κ3) is 2.03. The highest BCUT2D eigenvalue weighted by molar-refractivity contribution is 8.24. The van der Waals surface area contributed by atoms with Gasteiger partial charge in [0.15, 0.2) is 5.72 Å². The van der Waals surface area contributed by atoms with Gasteiger partial charge >= 0.3 is 0 Å². The van der Waals surface area contributed by atoms with Crippen molar-refractivity contribution >= 4 is 28.3 Å². The summed E-state index contributed by atoms with van der Waals surface area (Å²) >= 11 is 6.70. The summed E-state index contributed by atoms with van der Waals surface area (Å²) in [5.41, 5.74) is -0.146. The molecular formula is C11H13NO2S2. The molecule has 0 aromatic carbocycles. The maximum atomic E-state index is 10.4. The van der Waals surface area contributed by atoms with Gasteiger partial charge < -0.3 is 14.4 Å². The van der Waals surface area contributed by atoms with Crippen LogP contribution in [0.25, 0.3) is 0 Å². The van der Waals surface area contributed by atoms with Crippen molar-refractivity contribution in [3.8, 4) is 0 Å². The van der Waals surface area contributed by atoms with Crippen molar-refractivity contribution in [3.05, 3.63) is 35.1 Å². The fraction of sp³-hybridized carbons (Fsp3) is 0.364. The van der Waals surface area contributed by atoms with E-state index in [4.69, 9.17) is 16.6 Å². The van der Waals surface area contributed by atoms with Crippen molar-refractivity contribution in [2.45, 2.75) is 26.1 Å². The van der Waals surface area contributed by atoms with Crippen molar-refractivity contribution in [3.63, 3.8) is 0 Å². The molecule has 0 amide bonds. The molecule has 0 bridgehead atoms. The molecule has 0 aliphatic carbocycles. The predicted molar refractivity (Wildman–Crippen MR) is 68.8 cm³/mol. The quantitative estimate of drug-likeness (QED) is 0.822. The highest BCUT2D eigenvalue weighted by atomic mass is 32.2. The molecule has 0 radical (unpaired) electrons. The highest BCUT2D eigenvalue weighted by Gasteiger charge is 2.36. The molecule has 5 heteroatoms. The predicted octanol–water partition coefficient (Wildman–Crippen LogP) is 2.73. The summed E-state index contributed by atoms with van der Waals surface area (Å²) in [4.78, 5) is 1.77. The lowest BCUT2D eigenvalue weighted by molar-refractivity contribution is -0.0230. The third-order valence-corrected chi connectivity index (χ3v) is 4.13. The van der Waals surface area contributed by atoms with Crippen LogP contribution in [0.3, 0.4) is 0 Å². The van der Waals surface area contributed by atoms with E-state index in [0.29, 0.717) is 10.9 Å². The Kier molecular flexibility index (Phi) is 3.10. The summed E-state index contributed by atoms with van der Waals surface area (Å²) in [7, 11) is 0. The average molecular weight is 255 g/mol. The number of hydrogen-bond acceptors (Lipinski definition) is 4. The van der Waals surface area contributed by atoms with Gasteiger partial charge in [-0.3, -0.25) is 0 Å². The largest absolute Gasteiger partial charge is 0.467 e. The van der Waals surface area contributed by atoms with Crippen LogP contribution in [-0.4, -0.2) is 20.1 Å². The second-order valence-corrected chi connectivity index (χ2v) is 5.37. The van der Waals surface area contributed by atoms with Gasteiger partial charge in [-0.2, -0.15) is 0 Å². The normalized spacial score (nSPS) is 25.8. The van der Waals surface area contributed by atoms with Crippen LogP contribution in [0.15, 0.2) is 33.8 Å². The van der Waals surface area contributed by atoms with Crippen LogP contribution in [0, 0.1) is 0 Å². The van der Waals surface area contributed by atoms with Crippen molar-refractivity contribution in [2.24, 2.45) is 0 Å². The molecule has 1 aliphatic heterocycles. The van der Waals surface area contributed by atoms with Gasteiger partial charge in [-0.1, -0.05) is 24.0 Å². The van der Waals surface area contributed by atoms with Crippen LogP contribution in [0.2, 0.25) is 0 Å². The molecule has 0 saturated heterocycles. The van der Waals surface area contributed by atoms with Crippen molar-refractivity contribution < 1.29 is 9.52 Å². The van der Waals surface area contributed by atoms with E-state index in [-0.39, 0.29) is 0 Å². The van der Waals surface area contributed by atoms with Gasteiger partial charge in [-0.15, -0.1) is 0 Å². The molecule has 86 valence electrons. The molecule has 1 unspecified atom stereocenters. The number of thioether (sulfide) groups is 1. The summed E-state index contributed by atoms with van der Waals surface area (Å²) in [5.74, 6) is 0.790. The minimum absolute atomic E-state index is 0.483. The summed E-state index contributed by atoms with van der Waals surface area (Å²) in [6.07, 6.45) is 1.62. The van der Waals surface area contributed by atoms with Crippen LogP contribution >= 0.6 is 24.0 Å². The van der Waals surface area contributed by atoms with Crippen molar-refractivity contribution in [1.82, 2.24) is 4.90 Å². The molecule has 0 spiro atoms. The van der Waals surface area contributed by atoms with Crippen LogP contribution in [0.1, 0.15) is 19.6 Å². The molecule has 1 aromatic heterocycles. The average Bonchev–Trinajstić information content (AvgIpc) is 2.72. The molecule has 2 rings (SSSR count). The van der Waals surface area contributed by atoms with Crippen LogP contribution in [-0.2, 0) is 6.54 Å². The molecule has 2 heterocycles. The molecule has 1 aliphatic rings. The molecule has 1 N–H and O–H groups in total. The molecule has 0 fully saturated rings. The van der Waals surface area contributed by atoms with Crippen molar-refractivity contribution in [1.29, 1.82) is 0 Å². The third-order valence-electron chi connectivity index (χ3n) is 2.72. The first-order chi connectivity index (χ1) is 7.51. The standard InChI is InChI=1S/C11H13NO2S2/c1-8-7-16-10(15)12(11(8,2)13)6-9-4-3-5-14-9/h3-5,7,13H,6H2,1-2H3. The Morgan fingerprint density at radius 2 is 2.38 bits per heavy atom. The SMILES string of the molecule is CC1=CSC(=S)N(Cc2ccco2)C1(C)O. The summed E-state index contributed by atoms with van der Waals surface area (Å²) in [5, 5.41) is 12.3. The fourth-order valence-corrected chi connectivity index (χ4v) is 2.74. The fourth-order valence-electron chi connectivity index (χ4n) is 1.48. The van der Waals surface area contributed by atoms with E-state index in [2.05, 4.69) is 0 Å². The van der Waals surface area contributed by atoms with E-state index in [1.807, 2.05) is 24.5 Å². The lowest BCUT2D eigenvalue weighted by Crippen LogP contribution is -2.50. The van der Waals surface area contributed by atoms with E-state index < -0.39 is 5.72 Å². The molecule has 1 atom stereocenters. The molecule has 16 heavy (non-hydrogen) atoms. The number of nitrogens with zero attached hydrogens (tertiary/aromatic N) is 1. The lowest BCUT2D eigenvalue weighted by Gasteiger charge is -2.41. The first-order valence-electron chi connectivity index (χ1n) is 4.92. The zero-order valence-corrected chi connectivity index (χ0v) is 10.8. The van der Waals surface area contributed by atoms with E-state index in [0.717, 1.165) is 11.3 Å². The van der Waals surface area contributed by atoms with Gasteiger partial charge in [-0.25, -0.2) is 0 Å². The Bertz CT molecular complexity index is 423. The first-order valence-corrected chi connectivity index (χ1v) is 6.21. The van der Waals surface area contributed by atoms with Crippen LogP contribution in [0.4, 0.5) is 0 Å². The van der Waals surface area contributed by atoms with Gasteiger partial charge in [0.25, 0.3) is 0 Å². The Hall–Kier alpha value is -0.780. The van der Waals surface area contributed by atoms with E-state index in [1.54, 1.807) is 18.1 Å². The highest BCUT2D eigenvalue weighted by Crippen LogP contribution is 2.34. The van der Waals surface area contributed by atoms with Crippen LogP contribution < -0.4 is 0 Å². The Labute approximate surface area is 104 Å². The number of aliphatic hydroxyl groups is 1. The molecule has 3 nitrogen and oxygen atoms in total. The van der Waals surface area contributed by atoms with E-state index >= 15 is 0 Å². The van der Waals surface area contributed by atoms with Gasteiger partial charge in [0.1, 0.15) is 10.1 Å². The Balaban J connectivity index is 2.25. The van der Waals surface area contributed by atoms with Gasteiger partial charge in [0, 0.05) is 0 Å². The Morgan fingerprint density at radius 1 is 1.62 bits per heavy atom. The number of rotatable bonds is 2. The van der Waals surface area contributed by atoms with Gasteiger partial charge in [0.2, 0.25) is 0 Å². The minimum Gasteiger partial charge on any atom is -0.467 e. The molecular weight excluding hydrogens is 242 g/mol. The maximum Gasteiger partial charge on any atom is 0.159 e. The topological polar surface area (TPSA) is 36.6 Å². The monoisotopic (exact) mass is 255 g/mol. The molecule has 1 aromatic rings. The summed E-state index contributed by atoms with van der Waals surface area (Å²) < 4.78 is 5.93. The zero-order valence-electron chi connectivity index (χ0n) is 9.14. The zero-order chi connectivity index (χ0) is 11.8. The van der Waals surface area contributed by atoms with Gasteiger partial charge in [0.05, 0.1) is 12.8 Å². The second-order valence-electron chi connectivity index (χ2n) is 3.87. The number of thiocarbonyl (C=S) groups is 1. The summed E-state index contributed by atoms with van der Waals surface area (Å²) in [6, 6.07) is 3.70. The number of furan rings is 1. The van der Waals surface area contributed by atoms with Gasteiger partial charge in [-0.05, 0) is 37.0 Å². The Morgan fingerprint density at radius 3 is 3.00 bits per heavy atom. The van der Waals surface area contributed by atoms with Crippen LogP contribution in [0.5, 0.6) is 0 Å². The minimum atomic E-state index is -1.03. The summed E-state index contributed by atoms with van der Waals surface area (Å²) in [6.45, 7) is 4.12. The second kappa shape index (κ2) is 4.24. The van der Waals surface area contributed by atoms with E-state index in [9.17, 15) is 5.11 Å².